The second kappa shape index (κ2) is 14.2. The SMILES string of the molecule is CN1CCN(CCOc2nn(-c3ccccc3)cc2-c2ccccc2)CC1.CS(=O)(=O)O.CS(=O)(=O)O. The molecule has 1 aromatic heterocycles. The van der Waals surface area contributed by atoms with E-state index in [1.807, 2.05) is 41.1 Å². The first-order chi connectivity index (χ1) is 17.3. The molecule has 0 atom stereocenters. The first kappa shape index (κ1) is 30.4. The molecule has 2 heterocycles. The zero-order valence-corrected chi connectivity index (χ0v) is 22.8. The standard InChI is InChI=1S/C22H26N4O.2CH4O3S/c1-24-12-14-25(15-13-24)16-17-27-22-21(19-8-4-2-5-9-19)18-26(23-22)20-10-6-3-7-11-20;2*1-5(2,3)4/h2-11,18H,12-17H2,1H3;2*1H3,(H,2,3,4). The number of rotatable bonds is 6. The third-order valence-electron chi connectivity index (χ3n) is 5.03. The van der Waals surface area contributed by atoms with Gasteiger partial charge in [0.2, 0.25) is 5.88 Å². The highest BCUT2D eigenvalue weighted by Gasteiger charge is 2.16. The van der Waals surface area contributed by atoms with Crippen molar-refractivity contribution in [3.05, 3.63) is 66.9 Å². The molecule has 13 heteroatoms. The van der Waals surface area contributed by atoms with E-state index in [9.17, 15) is 16.8 Å². The van der Waals surface area contributed by atoms with Crippen LogP contribution in [0.15, 0.2) is 66.9 Å². The molecule has 0 saturated carbocycles. The van der Waals surface area contributed by atoms with Crippen LogP contribution in [0.5, 0.6) is 5.88 Å². The Bertz CT molecular complexity index is 1250. The molecule has 0 bridgehead atoms. The summed E-state index contributed by atoms with van der Waals surface area (Å²) in [6, 6.07) is 20.5. The van der Waals surface area contributed by atoms with E-state index < -0.39 is 20.2 Å². The van der Waals surface area contributed by atoms with Gasteiger partial charge in [0.05, 0.1) is 23.8 Å². The maximum Gasteiger partial charge on any atom is 0.261 e. The molecular formula is C24H34N4O7S2. The molecule has 1 saturated heterocycles. The number of para-hydroxylation sites is 1. The fourth-order valence-electron chi connectivity index (χ4n) is 3.34. The number of nitrogens with zero attached hydrogens (tertiary/aromatic N) is 4. The first-order valence-corrected chi connectivity index (χ1v) is 15.1. The van der Waals surface area contributed by atoms with Crippen LogP contribution in [0.2, 0.25) is 0 Å². The van der Waals surface area contributed by atoms with Crippen LogP contribution in [0, 0.1) is 0 Å². The van der Waals surface area contributed by atoms with Gasteiger partial charge >= 0.3 is 0 Å². The molecule has 2 N–H and O–H groups in total. The summed E-state index contributed by atoms with van der Waals surface area (Å²) in [6.45, 7) is 6.03. The Morgan fingerprint density at radius 1 is 0.838 bits per heavy atom. The molecule has 0 unspecified atom stereocenters. The third kappa shape index (κ3) is 13.3. The van der Waals surface area contributed by atoms with Crippen molar-refractivity contribution in [2.45, 2.75) is 0 Å². The van der Waals surface area contributed by atoms with Crippen molar-refractivity contribution >= 4 is 20.2 Å². The van der Waals surface area contributed by atoms with Gasteiger partial charge in [0.1, 0.15) is 6.61 Å². The largest absolute Gasteiger partial charge is 0.475 e. The van der Waals surface area contributed by atoms with Crippen LogP contribution in [0.4, 0.5) is 0 Å². The highest BCUT2D eigenvalue weighted by Crippen LogP contribution is 2.30. The molecule has 0 amide bonds. The van der Waals surface area contributed by atoms with E-state index in [1.165, 1.54) is 0 Å². The normalized spacial score (nSPS) is 14.6. The molecular weight excluding hydrogens is 520 g/mol. The summed E-state index contributed by atoms with van der Waals surface area (Å²) >= 11 is 0. The fourth-order valence-corrected chi connectivity index (χ4v) is 3.34. The summed E-state index contributed by atoms with van der Waals surface area (Å²) in [5, 5.41) is 4.72. The summed E-state index contributed by atoms with van der Waals surface area (Å²) in [5.74, 6) is 0.694. The fraction of sp³-hybridized carbons (Fsp3) is 0.375. The van der Waals surface area contributed by atoms with E-state index in [-0.39, 0.29) is 0 Å². The van der Waals surface area contributed by atoms with E-state index in [2.05, 4.69) is 47.3 Å². The van der Waals surface area contributed by atoms with Crippen molar-refractivity contribution in [1.82, 2.24) is 19.6 Å². The van der Waals surface area contributed by atoms with E-state index >= 15 is 0 Å². The van der Waals surface area contributed by atoms with Gasteiger partial charge in [-0.1, -0.05) is 48.5 Å². The summed E-state index contributed by atoms with van der Waals surface area (Å²) in [7, 11) is -5.16. The van der Waals surface area contributed by atoms with Gasteiger partial charge in [-0.15, -0.1) is 5.10 Å². The molecule has 1 aliphatic heterocycles. The van der Waals surface area contributed by atoms with Gasteiger partial charge in [-0.25, -0.2) is 4.68 Å². The Labute approximate surface area is 218 Å². The van der Waals surface area contributed by atoms with Gasteiger partial charge in [-0.2, -0.15) is 16.8 Å². The summed E-state index contributed by atoms with van der Waals surface area (Å²) in [5.41, 5.74) is 3.18. The predicted octanol–water partition coefficient (Wildman–Crippen LogP) is 2.17. The number of ether oxygens (including phenoxy) is 1. The molecule has 1 aliphatic rings. The van der Waals surface area contributed by atoms with Crippen molar-refractivity contribution in [1.29, 1.82) is 0 Å². The summed E-state index contributed by atoms with van der Waals surface area (Å²) in [4.78, 5) is 4.82. The average Bonchev–Trinajstić information content (AvgIpc) is 3.24. The zero-order chi connectivity index (χ0) is 27.5. The molecule has 1 fully saturated rings. The molecule has 11 nitrogen and oxygen atoms in total. The Kier molecular flexibility index (Phi) is 11.7. The number of likely N-dealkylation sites (N-methyl/N-ethyl adjacent to an activating group) is 1. The van der Waals surface area contributed by atoms with E-state index in [4.69, 9.17) is 18.9 Å². The van der Waals surface area contributed by atoms with Crippen LogP contribution < -0.4 is 4.74 Å². The second-order valence-electron chi connectivity index (χ2n) is 8.45. The lowest BCUT2D eigenvalue weighted by Gasteiger charge is -2.32. The molecule has 37 heavy (non-hydrogen) atoms. The number of aromatic nitrogens is 2. The Morgan fingerprint density at radius 3 is 1.84 bits per heavy atom. The average molecular weight is 555 g/mol. The van der Waals surface area contributed by atoms with Gasteiger partial charge in [0.25, 0.3) is 20.2 Å². The Balaban J connectivity index is 0.000000412. The van der Waals surface area contributed by atoms with Crippen LogP contribution in [-0.2, 0) is 20.2 Å². The zero-order valence-electron chi connectivity index (χ0n) is 21.1. The van der Waals surface area contributed by atoms with Crippen LogP contribution in [0.1, 0.15) is 0 Å². The van der Waals surface area contributed by atoms with Gasteiger partial charge < -0.3 is 9.64 Å². The highest BCUT2D eigenvalue weighted by atomic mass is 32.2. The van der Waals surface area contributed by atoms with Crippen molar-refractivity contribution in [2.24, 2.45) is 0 Å². The molecule has 0 radical (unpaired) electrons. The summed E-state index contributed by atoms with van der Waals surface area (Å²) in [6.07, 6.45) is 3.48. The van der Waals surface area contributed by atoms with E-state index in [0.29, 0.717) is 25.0 Å². The Morgan fingerprint density at radius 2 is 1.32 bits per heavy atom. The molecule has 4 rings (SSSR count). The lowest BCUT2D eigenvalue weighted by atomic mass is 10.1. The van der Waals surface area contributed by atoms with Crippen molar-refractivity contribution < 1.29 is 30.7 Å². The third-order valence-corrected chi connectivity index (χ3v) is 5.03. The smallest absolute Gasteiger partial charge is 0.261 e. The maximum atomic E-state index is 9.19. The van der Waals surface area contributed by atoms with Gasteiger partial charge in [-0.3, -0.25) is 14.0 Å². The van der Waals surface area contributed by atoms with Crippen LogP contribution >= 0.6 is 0 Å². The minimum absolute atomic E-state index is 0.648. The van der Waals surface area contributed by atoms with Crippen LogP contribution in [0.25, 0.3) is 16.8 Å². The lowest BCUT2D eigenvalue weighted by molar-refractivity contribution is 0.132. The molecule has 0 spiro atoms. The lowest BCUT2D eigenvalue weighted by Crippen LogP contribution is -2.45. The quantitative estimate of drug-likeness (QED) is 0.435. The van der Waals surface area contributed by atoms with Gasteiger partial charge in [0, 0.05) is 38.9 Å². The van der Waals surface area contributed by atoms with Crippen LogP contribution in [0.3, 0.4) is 0 Å². The number of piperazine rings is 1. The summed E-state index contributed by atoms with van der Waals surface area (Å²) < 4.78 is 59.8. The topological polar surface area (TPSA) is 142 Å². The monoisotopic (exact) mass is 554 g/mol. The van der Waals surface area contributed by atoms with Gasteiger partial charge in [0.15, 0.2) is 0 Å². The minimum Gasteiger partial charge on any atom is -0.475 e. The maximum absolute atomic E-state index is 9.19. The number of hydrogen-bond donors (Lipinski definition) is 2. The number of hydrogen-bond acceptors (Lipinski definition) is 8. The van der Waals surface area contributed by atoms with Crippen LogP contribution in [-0.4, -0.2) is 104 Å². The molecule has 2 aromatic carbocycles. The predicted molar refractivity (Wildman–Crippen MR) is 143 cm³/mol. The van der Waals surface area contributed by atoms with Crippen molar-refractivity contribution in [3.8, 4) is 22.7 Å². The number of benzene rings is 2. The molecule has 3 aromatic rings. The van der Waals surface area contributed by atoms with E-state index in [0.717, 1.165) is 49.5 Å². The van der Waals surface area contributed by atoms with E-state index in [1.54, 1.807) is 0 Å². The molecule has 204 valence electrons. The minimum atomic E-state index is -3.67. The van der Waals surface area contributed by atoms with Gasteiger partial charge in [-0.05, 0) is 24.7 Å². The second-order valence-corrected chi connectivity index (χ2v) is 11.4. The first-order valence-electron chi connectivity index (χ1n) is 11.4. The highest BCUT2D eigenvalue weighted by molar-refractivity contribution is 7.85. The van der Waals surface area contributed by atoms with Crippen molar-refractivity contribution in [3.63, 3.8) is 0 Å². The molecule has 0 aliphatic carbocycles. The van der Waals surface area contributed by atoms with Crippen molar-refractivity contribution in [2.75, 3.05) is 58.9 Å². The Hall–Kier alpha value is -2.81.